The summed E-state index contributed by atoms with van der Waals surface area (Å²) < 4.78 is 41.7. The van der Waals surface area contributed by atoms with Crippen molar-refractivity contribution in [1.29, 1.82) is 0 Å². The van der Waals surface area contributed by atoms with Gasteiger partial charge in [-0.3, -0.25) is 4.68 Å². The third kappa shape index (κ3) is 5.71. The van der Waals surface area contributed by atoms with Crippen LogP contribution < -0.4 is 19.1 Å². The first-order chi connectivity index (χ1) is 18.2. The molecule has 0 unspecified atom stereocenters. The normalized spacial score (nSPS) is 11.6. The summed E-state index contributed by atoms with van der Waals surface area (Å²) in [4.78, 5) is 2.23. The van der Waals surface area contributed by atoms with Crippen molar-refractivity contribution < 1.29 is 17.9 Å². The number of hydrogen-bond acceptors (Lipinski definition) is 6. The number of nitrogens with zero attached hydrogens (tertiary/aromatic N) is 3. The summed E-state index contributed by atoms with van der Waals surface area (Å²) in [5.41, 5.74) is 2.27. The van der Waals surface area contributed by atoms with E-state index in [0.29, 0.717) is 47.0 Å². The van der Waals surface area contributed by atoms with Crippen LogP contribution in [0, 0.1) is 0 Å². The van der Waals surface area contributed by atoms with Gasteiger partial charge in [0.1, 0.15) is 0 Å². The molecule has 0 saturated carbocycles. The minimum absolute atomic E-state index is 0.0912. The molecule has 1 aromatic heterocycles. The number of anilines is 1. The lowest BCUT2D eigenvalue weighted by Gasteiger charge is -2.18. The molecule has 202 valence electrons. The molecule has 0 aliphatic rings. The fraction of sp³-hybridized carbons (Fsp3) is 0.296. The van der Waals surface area contributed by atoms with E-state index in [1.54, 1.807) is 61.7 Å². The average Bonchev–Trinajstić information content (AvgIpc) is 3.27. The van der Waals surface area contributed by atoms with Gasteiger partial charge in [0.05, 0.1) is 31.2 Å². The minimum atomic E-state index is -3.82. The molecule has 0 saturated heterocycles. The van der Waals surface area contributed by atoms with Gasteiger partial charge in [-0.1, -0.05) is 35.3 Å². The summed E-state index contributed by atoms with van der Waals surface area (Å²) in [6.07, 6.45) is 0. The van der Waals surface area contributed by atoms with Gasteiger partial charge in [0.15, 0.2) is 17.3 Å². The lowest BCUT2D eigenvalue weighted by Crippen LogP contribution is -2.24. The summed E-state index contributed by atoms with van der Waals surface area (Å²) in [7, 11) is -0.738. The second-order valence-corrected chi connectivity index (χ2v) is 11.1. The van der Waals surface area contributed by atoms with E-state index in [4.69, 9.17) is 37.8 Å². The number of methoxy groups -OCH3 is 2. The molecule has 4 rings (SSSR count). The predicted molar refractivity (Wildman–Crippen MR) is 152 cm³/mol. The first-order valence-corrected chi connectivity index (χ1v) is 14.3. The average molecular weight is 578 g/mol. The van der Waals surface area contributed by atoms with E-state index in [1.807, 2.05) is 18.5 Å². The standard InChI is InChI=1S/C27H30Cl2N4O4S/c1-5-32(6-2)27-20-15-19(38(34,35)30-16-18-10-13-25(36-3)26(14-18)37-4)11-12-24(20)33(31-27)17-21-22(28)8-7-9-23(21)29/h7-15,30H,5-6,16-17H2,1-4H3. The van der Waals surface area contributed by atoms with Gasteiger partial charge in [-0.25, -0.2) is 13.1 Å². The maximum absolute atomic E-state index is 13.3. The highest BCUT2D eigenvalue weighted by atomic mass is 35.5. The second-order valence-electron chi connectivity index (χ2n) is 8.55. The van der Waals surface area contributed by atoms with Crippen LogP contribution in [0.3, 0.4) is 0 Å². The van der Waals surface area contributed by atoms with Gasteiger partial charge in [-0.15, -0.1) is 0 Å². The second kappa shape index (κ2) is 11.8. The fourth-order valence-electron chi connectivity index (χ4n) is 4.27. The molecule has 38 heavy (non-hydrogen) atoms. The SMILES string of the molecule is CCN(CC)c1nn(Cc2c(Cl)cccc2Cl)c2ccc(S(=O)(=O)NCc3ccc(OC)c(OC)c3)cc12. The van der Waals surface area contributed by atoms with Crippen LogP contribution in [-0.2, 0) is 23.1 Å². The Bertz CT molecular complexity index is 1530. The zero-order valence-electron chi connectivity index (χ0n) is 21.7. The molecular weight excluding hydrogens is 547 g/mol. The van der Waals surface area contributed by atoms with Crippen molar-refractivity contribution >= 4 is 49.9 Å². The van der Waals surface area contributed by atoms with E-state index in [9.17, 15) is 8.42 Å². The van der Waals surface area contributed by atoms with Crippen molar-refractivity contribution in [1.82, 2.24) is 14.5 Å². The number of aromatic nitrogens is 2. The van der Waals surface area contributed by atoms with Gasteiger partial charge < -0.3 is 14.4 Å². The Balaban J connectivity index is 1.70. The summed E-state index contributed by atoms with van der Waals surface area (Å²) in [5, 5.41) is 6.66. The van der Waals surface area contributed by atoms with Crippen LogP contribution in [0.4, 0.5) is 5.82 Å². The molecule has 3 aromatic carbocycles. The Hall–Kier alpha value is -2.98. The van der Waals surface area contributed by atoms with Crippen molar-refractivity contribution in [3.63, 3.8) is 0 Å². The summed E-state index contributed by atoms with van der Waals surface area (Å²) in [5.74, 6) is 1.80. The van der Waals surface area contributed by atoms with Crippen LogP contribution >= 0.6 is 23.2 Å². The number of benzene rings is 3. The van der Waals surface area contributed by atoms with Gasteiger partial charge in [0.25, 0.3) is 0 Å². The smallest absolute Gasteiger partial charge is 0.240 e. The molecule has 0 atom stereocenters. The molecule has 0 aliphatic heterocycles. The van der Waals surface area contributed by atoms with E-state index in [2.05, 4.69) is 9.62 Å². The van der Waals surface area contributed by atoms with Crippen LogP contribution in [0.15, 0.2) is 59.5 Å². The molecule has 8 nitrogen and oxygen atoms in total. The maximum Gasteiger partial charge on any atom is 0.240 e. The van der Waals surface area contributed by atoms with Crippen molar-refractivity contribution in [2.24, 2.45) is 0 Å². The Morgan fingerprint density at radius 3 is 2.26 bits per heavy atom. The molecule has 0 amide bonds. The molecule has 0 fully saturated rings. The van der Waals surface area contributed by atoms with Crippen LogP contribution in [0.25, 0.3) is 10.9 Å². The van der Waals surface area contributed by atoms with Gasteiger partial charge in [-0.2, -0.15) is 5.10 Å². The number of hydrogen-bond donors (Lipinski definition) is 1. The first-order valence-electron chi connectivity index (χ1n) is 12.1. The predicted octanol–water partition coefficient (Wildman–Crippen LogP) is 5.73. The van der Waals surface area contributed by atoms with Gasteiger partial charge in [-0.05, 0) is 61.9 Å². The Morgan fingerprint density at radius 2 is 1.63 bits per heavy atom. The van der Waals surface area contributed by atoms with E-state index in [0.717, 1.165) is 22.0 Å². The maximum atomic E-state index is 13.3. The Labute approximate surface area is 233 Å². The fourth-order valence-corrected chi connectivity index (χ4v) is 5.83. The lowest BCUT2D eigenvalue weighted by molar-refractivity contribution is 0.354. The zero-order chi connectivity index (χ0) is 27.4. The number of ether oxygens (including phenoxy) is 2. The lowest BCUT2D eigenvalue weighted by atomic mass is 10.2. The highest BCUT2D eigenvalue weighted by molar-refractivity contribution is 7.89. The topological polar surface area (TPSA) is 85.7 Å². The number of nitrogens with one attached hydrogen (secondary N) is 1. The Kier molecular flexibility index (Phi) is 8.72. The number of fused-ring (bicyclic) bond motifs is 1. The highest BCUT2D eigenvalue weighted by Crippen LogP contribution is 2.32. The third-order valence-electron chi connectivity index (χ3n) is 6.36. The molecule has 0 spiro atoms. The van der Waals surface area contributed by atoms with E-state index in [1.165, 1.54) is 7.11 Å². The van der Waals surface area contributed by atoms with Crippen molar-refractivity contribution in [2.75, 3.05) is 32.2 Å². The number of halogens is 2. The Morgan fingerprint density at radius 1 is 0.947 bits per heavy atom. The van der Waals surface area contributed by atoms with Crippen molar-refractivity contribution in [2.45, 2.75) is 31.8 Å². The molecule has 4 aromatic rings. The molecule has 0 aliphatic carbocycles. The monoisotopic (exact) mass is 576 g/mol. The zero-order valence-corrected chi connectivity index (χ0v) is 24.0. The van der Waals surface area contributed by atoms with Crippen LogP contribution in [0.5, 0.6) is 11.5 Å². The molecule has 11 heteroatoms. The van der Waals surface area contributed by atoms with E-state index in [-0.39, 0.29) is 11.4 Å². The number of sulfonamides is 1. The summed E-state index contributed by atoms with van der Waals surface area (Å²) in [6.45, 7) is 5.93. The molecule has 0 radical (unpaired) electrons. The van der Waals surface area contributed by atoms with Crippen LogP contribution in [0.1, 0.15) is 25.0 Å². The molecule has 0 bridgehead atoms. The quantitative estimate of drug-likeness (QED) is 0.245. The van der Waals surface area contributed by atoms with E-state index >= 15 is 0 Å². The first kappa shape index (κ1) is 28.0. The minimum Gasteiger partial charge on any atom is -0.493 e. The van der Waals surface area contributed by atoms with Crippen molar-refractivity contribution in [3.8, 4) is 11.5 Å². The van der Waals surface area contributed by atoms with Gasteiger partial charge >= 0.3 is 0 Å². The van der Waals surface area contributed by atoms with Gasteiger partial charge in [0, 0.05) is 40.6 Å². The summed E-state index contributed by atoms with van der Waals surface area (Å²) >= 11 is 12.8. The number of rotatable bonds is 11. The largest absolute Gasteiger partial charge is 0.493 e. The highest BCUT2D eigenvalue weighted by Gasteiger charge is 2.21. The van der Waals surface area contributed by atoms with Crippen LogP contribution in [-0.4, -0.2) is 45.5 Å². The third-order valence-corrected chi connectivity index (χ3v) is 8.47. The molecular formula is C27H30Cl2N4O4S. The molecule has 1 heterocycles. The van der Waals surface area contributed by atoms with Crippen molar-refractivity contribution in [3.05, 3.63) is 75.8 Å². The van der Waals surface area contributed by atoms with Gasteiger partial charge in [0.2, 0.25) is 10.0 Å². The van der Waals surface area contributed by atoms with E-state index < -0.39 is 10.0 Å². The van der Waals surface area contributed by atoms with Crippen LogP contribution in [0.2, 0.25) is 10.0 Å². The molecule has 1 N–H and O–H groups in total. The summed E-state index contributed by atoms with van der Waals surface area (Å²) in [6, 6.07) is 15.7.